The van der Waals surface area contributed by atoms with Gasteiger partial charge in [-0.25, -0.2) is 22.5 Å². The average molecular weight is 364 g/mol. The van der Waals surface area contributed by atoms with E-state index in [1.807, 2.05) is 0 Å². The Labute approximate surface area is 145 Å². The van der Waals surface area contributed by atoms with Crippen molar-refractivity contribution in [2.24, 2.45) is 0 Å². The number of carbonyl (C=O) groups excluding carboxylic acids is 1. The lowest BCUT2D eigenvalue weighted by Gasteiger charge is -2.04. The molecule has 3 aromatic rings. The first-order valence-electron chi connectivity index (χ1n) is 7.57. The Hall–Kier alpha value is -3.16. The molecule has 0 saturated carbocycles. The molecule has 1 heterocycles. The fourth-order valence-electron chi connectivity index (χ4n) is 2.26. The van der Waals surface area contributed by atoms with Crippen molar-refractivity contribution in [2.45, 2.75) is 12.8 Å². The summed E-state index contributed by atoms with van der Waals surface area (Å²) in [7, 11) is 0. The zero-order chi connectivity index (χ0) is 18.7. The maximum Gasteiger partial charge on any atom is 0.224 e. The highest BCUT2D eigenvalue weighted by Gasteiger charge is 2.13. The zero-order valence-corrected chi connectivity index (χ0v) is 13.2. The lowest BCUT2D eigenvalue weighted by atomic mass is 10.2. The summed E-state index contributed by atoms with van der Waals surface area (Å²) in [5, 5.41) is 2.42. The van der Waals surface area contributed by atoms with Gasteiger partial charge in [-0.2, -0.15) is 0 Å². The number of carbonyl (C=O) groups is 1. The van der Waals surface area contributed by atoms with E-state index < -0.39 is 29.2 Å². The number of oxazole rings is 1. The molecule has 1 N–H and O–H groups in total. The zero-order valence-electron chi connectivity index (χ0n) is 13.2. The number of amides is 1. The van der Waals surface area contributed by atoms with Gasteiger partial charge < -0.3 is 9.73 Å². The summed E-state index contributed by atoms with van der Waals surface area (Å²) in [5.74, 6) is -3.74. The van der Waals surface area contributed by atoms with E-state index in [4.69, 9.17) is 4.42 Å². The molecule has 134 valence electrons. The smallest absolute Gasteiger partial charge is 0.224 e. The van der Waals surface area contributed by atoms with Crippen molar-refractivity contribution in [2.75, 3.05) is 5.32 Å². The van der Waals surface area contributed by atoms with Gasteiger partial charge in [0.2, 0.25) is 5.91 Å². The number of hydrogen-bond donors (Lipinski definition) is 1. The van der Waals surface area contributed by atoms with Gasteiger partial charge in [-0.3, -0.25) is 4.79 Å². The standard InChI is InChI=1S/C18H12F4N2O2/c19-10-1-3-12(14(21)7-10)16-9-23-18(26-16)6-5-17(25)24-11-2-4-13(20)15(22)8-11/h1-4,7-9H,5-6H2,(H,24,25). The number of aromatic nitrogens is 1. The molecule has 4 nitrogen and oxygen atoms in total. The molecule has 0 saturated heterocycles. The maximum absolute atomic E-state index is 13.7. The molecule has 0 fully saturated rings. The van der Waals surface area contributed by atoms with Crippen LogP contribution < -0.4 is 5.32 Å². The van der Waals surface area contributed by atoms with Gasteiger partial charge in [0.05, 0.1) is 11.8 Å². The molecule has 2 aromatic carbocycles. The Balaban J connectivity index is 1.60. The Morgan fingerprint density at radius 3 is 2.54 bits per heavy atom. The number of benzene rings is 2. The number of aryl methyl sites for hydroxylation is 1. The Morgan fingerprint density at radius 1 is 1.00 bits per heavy atom. The fourth-order valence-corrected chi connectivity index (χ4v) is 2.26. The summed E-state index contributed by atoms with van der Waals surface area (Å²) < 4.78 is 57.9. The van der Waals surface area contributed by atoms with Crippen molar-refractivity contribution in [3.05, 3.63) is 71.8 Å². The van der Waals surface area contributed by atoms with Crippen LogP contribution >= 0.6 is 0 Å². The third-order valence-electron chi connectivity index (χ3n) is 3.52. The SMILES string of the molecule is O=C(CCc1ncc(-c2ccc(F)cc2F)o1)Nc1ccc(F)c(F)c1. The predicted molar refractivity (Wildman–Crippen MR) is 85.2 cm³/mol. The van der Waals surface area contributed by atoms with E-state index in [2.05, 4.69) is 10.3 Å². The second-order valence-corrected chi connectivity index (χ2v) is 5.42. The Bertz CT molecular complexity index is 956. The highest BCUT2D eigenvalue weighted by molar-refractivity contribution is 5.90. The van der Waals surface area contributed by atoms with Gasteiger partial charge in [0.1, 0.15) is 11.6 Å². The van der Waals surface area contributed by atoms with Crippen molar-refractivity contribution in [1.82, 2.24) is 4.98 Å². The van der Waals surface area contributed by atoms with Crippen molar-refractivity contribution in [1.29, 1.82) is 0 Å². The van der Waals surface area contributed by atoms with Crippen LogP contribution in [0.5, 0.6) is 0 Å². The molecule has 1 aromatic heterocycles. The second-order valence-electron chi connectivity index (χ2n) is 5.42. The number of rotatable bonds is 5. The molecule has 0 bridgehead atoms. The Kier molecular flexibility index (Phi) is 5.01. The van der Waals surface area contributed by atoms with Gasteiger partial charge in [0.25, 0.3) is 0 Å². The van der Waals surface area contributed by atoms with Crippen LogP contribution in [0, 0.1) is 23.3 Å². The molecule has 0 spiro atoms. The summed E-state index contributed by atoms with van der Waals surface area (Å²) in [6.45, 7) is 0. The van der Waals surface area contributed by atoms with Crippen LogP contribution in [-0.2, 0) is 11.2 Å². The number of hydrogen-bond acceptors (Lipinski definition) is 3. The van der Waals surface area contributed by atoms with E-state index in [0.29, 0.717) is 0 Å². The molecule has 0 aliphatic carbocycles. The number of nitrogens with zero attached hydrogens (tertiary/aromatic N) is 1. The van der Waals surface area contributed by atoms with Crippen LogP contribution in [0.4, 0.5) is 23.2 Å². The van der Waals surface area contributed by atoms with E-state index >= 15 is 0 Å². The monoisotopic (exact) mass is 364 g/mol. The van der Waals surface area contributed by atoms with E-state index in [1.54, 1.807) is 0 Å². The van der Waals surface area contributed by atoms with Crippen LogP contribution in [-0.4, -0.2) is 10.9 Å². The highest BCUT2D eigenvalue weighted by Crippen LogP contribution is 2.24. The minimum absolute atomic E-state index is 0.0369. The predicted octanol–water partition coefficient (Wildman–Crippen LogP) is 4.47. The van der Waals surface area contributed by atoms with Crippen LogP contribution in [0.15, 0.2) is 47.0 Å². The molecular weight excluding hydrogens is 352 g/mol. The molecule has 0 atom stereocenters. The van der Waals surface area contributed by atoms with Gasteiger partial charge in [-0.05, 0) is 24.3 Å². The molecular formula is C18H12F4N2O2. The van der Waals surface area contributed by atoms with Crippen LogP contribution in [0.2, 0.25) is 0 Å². The summed E-state index contributed by atoms with van der Waals surface area (Å²) in [6, 6.07) is 6.06. The largest absolute Gasteiger partial charge is 0.441 e. The lowest BCUT2D eigenvalue weighted by Crippen LogP contribution is -2.12. The minimum Gasteiger partial charge on any atom is -0.441 e. The Morgan fingerprint density at radius 2 is 1.81 bits per heavy atom. The third kappa shape index (κ3) is 4.08. The lowest BCUT2D eigenvalue weighted by molar-refractivity contribution is -0.116. The molecule has 0 radical (unpaired) electrons. The highest BCUT2D eigenvalue weighted by atomic mass is 19.2. The molecule has 0 unspecified atom stereocenters. The first-order chi connectivity index (χ1) is 12.4. The van der Waals surface area contributed by atoms with E-state index in [9.17, 15) is 22.4 Å². The normalized spacial score (nSPS) is 10.8. The molecule has 1 amide bonds. The molecule has 0 aliphatic rings. The molecule has 8 heteroatoms. The van der Waals surface area contributed by atoms with E-state index in [-0.39, 0.29) is 35.7 Å². The van der Waals surface area contributed by atoms with Crippen molar-refractivity contribution in [3.63, 3.8) is 0 Å². The first-order valence-corrected chi connectivity index (χ1v) is 7.57. The van der Waals surface area contributed by atoms with E-state index in [1.165, 1.54) is 18.3 Å². The summed E-state index contributed by atoms with van der Waals surface area (Å²) >= 11 is 0. The molecule has 3 rings (SSSR count). The topological polar surface area (TPSA) is 55.1 Å². The molecule has 26 heavy (non-hydrogen) atoms. The summed E-state index contributed by atoms with van der Waals surface area (Å²) in [4.78, 5) is 15.8. The van der Waals surface area contributed by atoms with Gasteiger partial charge in [0, 0.05) is 30.7 Å². The van der Waals surface area contributed by atoms with Gasteiger partial charge in [-0.1, -0.05) is 0 Å². The number of nitrogens with one attached hydrogen (secondary N) is 1. The number of halogens is 4. The van der Waals surface area contributed by atoms with Crippen molar-refractivity contribution >= 4 is 11.6 Å². The van der Waals surface area contributed by atoms with Crippen molar-refractivity contribution < 1.29 is 26.8 Å². The second kappa shape index (κ2) is 7.38. The van der Waals surface area contributed by atoms with Gasteiger partial charge in [-0.15, -0.1) is 0 Å². The molecule has 0 aliphatic heterocycles. The van der Waals surface area contributed by atoms with Gasteiger partial charge >= 0.3 is 0 Å². The first kappa shape index (κ1) is 17.7. The fraction of sp³-hybridized carbons (Fsp3) is 0.111. The average Bonchev–Trinajstić information content (AvgIpc) is 3.05. The minimum atomic E-state index is -1.07. The van der Waals surface area contributed by atoms with E-state index in [0.717, 1.165) is 24.3 Å². The maximum atomic E-state index is 13.7. The quantitative estimate of drug-likeness (QED) is 0.680. The summed E-state index contributed by atoms with van der Waals surface area (Å²) in [6.07, 6.45) is 1.35. The number of anilines is 1. The summed E-state index contributed by atoms with van der Waals surface area (Å²) in [5.41, 5.74) is 0.173. The van der Waals surface area contributed by atoms with Gasteiger partial charge in [0.15, 0.2) is 23.3 Å². The van der Waals surface area contributed by atoms with Crippen LogP contribution in [0.1, 0.15) is 12.3 Å². The van der Waals surface area contributed by atoms with Crippen LogP contribution in [0.25, 0.3) is 11.3 Å². The third-order valence-corrected chi connectivity index (χ3v) is 3.52. The van der Waals surface area contributed by atoms with Crippen LogP contribution in [0.3, 0.4) is 0 Å². The van der Waals surface area contributed by atoms with Crippen molar-refractivity contribution in [3.8, 4) is 11.3 Å².